The molecule has 3 rings (SSSR count). The van der Waals surface area contributed by atoms with E-state index in [0.717, 1.165) is 12.8 Å². The lowest BCUT2D eigenvalue weighted by molar-refractivity contribution is -0.135. The molecule has 2 bridgehead atoms. The molecule has 2 saturated heterocycles. The third-order valence-electron chi connectivity index (χ3n) is 5.11. The van der Waals surface area contributed by atoms with Gasteiger partial charge in [-0.25, -0.2) is 0 Å². The number of likely N-dealkylation sites (N-methyl/N-ethyl adjacent to an activating group) is 1. The summed E-state index contributed by atoms with van der Waals surface area (Å²) in [4.78, 5) is 28.2. The third kappa shape index (κ3) is 3.07. The Morgan fingerprint density at radius 3 is 2.50 bits per heavy atom. The van der Waals surface area contributed by atoms with E-state index in [9.17, 15) is 9.59 Å². The maximum Gasteiger partial charge on any atom is 0.236 e. The summed E-state index contributed by atoms with van der Waals surface area (Å²) >= 11 is 0. The predicted molar refractivity (Wildman–Crippen MR) is 85.4 cm³/mol. The molecule has 2 heterocycles. The number of ketones is 1. The molecule has 2 fully saturated rings. The van der Waals surface area contributed by atoms with E-state index in [2.05, 4.69) is 24.0 Å². The molecule has 0 spiro atoms. The van der Waals surface area contributed by atoms with Crippen molar-refractivity contribution >= 4 is 11.7 Å². The first-order valence-corrected chi connectivity index (χ1v) is 8.10. The number of fused-ring (bicyclic) bond motifs is 2. The van der Waals surface area contributed by atoms with Crippen molar-refractivity contribution in [1.29, 1.82) is 0 Å². The summed E-state index contributed by atoms with van der Waals surface area (Å²) in [5.74, 6) is 0.513. The molecule has 2 atom stereocenters. The van der Waals surface area contributed by atoms with Crippen LogP contribution in [0.15, 0.2) is 24.3 Å². The molecule has 0 aromatic heterocycles. The third-order valence-corrected chi connectivity index (χ3v) is 5.11. The highest BCUT2D eigenvalue weighted by molar-refractivity contribution is 5.82. The van der Waals surface area contributed by atoms with Gasteiger partial charge in [-0.2, -0.15) is 0 Å². The zero-order valence-corrected chi connectivity index (χ0v) is 13.4. The Kier molecular flexibility index (Phi) is 4.30. The van der Waals surface area contributed by atoms with Gasteiger partial charge in [0.2, 0.25) is 5.91 Å². The number of aryl methyl sites for hydroxylation is 1. The Labute approximate surface area is 132 Å². The molecule has 118 valence electrons. The lowest BCUT2D eigenvalue weighted by Crippen LogP contribution is -2.48. The molecule has 0 unspecified atom stereocenters. The predicted octanol–water partition coefficient (Wildman–Crippen LogP) is 2.15. The minimum absolute atomic E-state index is 0.148. The molecule has 1 amide bonds. The second-order valence-electron chi connectivity index (χ2n) is 6.68. The van der Waals surface area contributed by atoms with Crippen LogP contribution in [-0.4, -0.2) is 47.2 Å². The van der Waals surface area contributed by atoms with E-state index in [-0.39, 0.29) is 5.91 Å². The van der Waals surface area contributed by atoms with Crippen LogP contribution in [0, 0.1) is 6.92 Å². The molecule has 0 aliphatic carbocycles. The van der Waals surface area contributed by atoms with E-state index in [1.807, 2.05) is 19.2 Å². The minimum Gasteiger partial charge on any atom is -0.340 e. The molecule has 1 aromatic rings. The van der Waals surface area contributed by atoms with Crippen molar-refractivity contribution in [2.75, 3.05) is 13.6 Å². The zero-order valence-electron chi connectivity index (χ0n) is 13.4. The minimum atomic E-state index is 0.148. The first-order chi connectivity index (χ1) is 10.5. The van der Waals surface area contributed by atoms with Gasteiger partial charge in [0.1, 0.15) is 5.78 Å². The quantitative estimate of drug-likeness (QED) is 0.855. The SMILES string of the molecule is Cc1ccccc1CN(C)C(=O)CN1[C@H]2CC[C@H]1CC(=O)C2. The molecule has 22 heavy (non-hydrogen) atoms. The fourth-order valence-electron chi connectivity index (χ4n) is 3.73. The summed E-state index contributed by atoms with van der Waals surface area (Å²) in [7, 11) is 1.87. The lowest BCUT2D eigenvalue weighted by atomic mass is 10.0. The van der Waals surface area contributed by atoms with Gasteiger partial charge in [0.25, 0.3) is 0 Å². The fourth-order valence-corrected chi connectivity index (χ4v) is 3.73. The van der Waals surface area contributed by atoms with Gasteiger partial charge in [-0.1, -0.05) is 24.3 Å². The average molecular weight is 300 g/mol. The maximum atomic E-state index is 12.5. The van der Waals surface area contributed by atoms with E-state index in [0.29, 0.717) is 43.8 Å². The number of Topliss-reactive ketones (excluding diaryl/α,β-unsaturated/α-hetero) is 1. The van der Waals surface area contributed by atoms with Gasteiger partial charge in [0, 0.05) is 38.5 Å². The van der Waals surface area contributed by atoms with Crippen LogP contribution in [0.5, 0.6) is 0 Å². The Morgan fingerprint density at radius 1 is 1.23 bits per heavy atom. The molecule has 2 aliphatic heterocycles. The number of benzene rings is 1. The molecule has 0 N–H and O–H groups in total. The van der Waals surface area contributed by atoms with Crippen molar-refractivity contribution in [1.82, 2.24) is 9.80 Å². The van der Waals surface area contributed by atoms with Gasteiger partial charge in [-0.3, -0.25) is 14.5 Å². The van der Waals surface area contributed by atoms with Crippen molar-refractivity contribution in [3.8, 4) is 0 Å². The monoisotopic (exact) mass is 300 g/mol. The van der Waals surface area contributed by atoms with Crippen molar-refractivity contribution in [2.45, 2.75) is 51.2 Å². The number of hydrogen-bond donors (Lipinski definition) is 0. The van der Waals surface area contributed by atoms with Crippen LogP contribution in [0.4, 0.5) is 0 Å². The van der Waals surface area contributed by atoms with Gasteiger partial charge in [0.15, 0.2) is 0 Å². The highest BCUT2D eigenvalue weighted by Crippen LogP contribution is 2.33. The largest absolute Gasteiger partial charge is 0.340 e. The number of hydrogen-bond acceptors (Lipinski definition) is 3. The van der Waals surface area contributed by atoms with E-state index in [1.165, 1.54) is 11.1 Å². The van der Waals surface area contributed by atoms with Gasteiger partial charge < -0.3 is 4.90 Å². The topological polar surface area (TPSA) is 40.6 Å². The normalized spacial score (nSPS) is 24.5. The first-order valence-electron chi connectivity index (χ1n) is 8.10. The maximum absolute atomic E-state index is 12.5. The lowest BCUT2D eigenvalue weighted by Gasteiger charge is -2.34. The summed E-state index contributed by atoms with van der Waals surface area (Å²) < 4.78 is 0. The highest BCUT2D eigenvalue weighted by Gasteiger charge is 2.40. The standard InChI is InChI=1S/C18H24N2O2/c1-13-5-3-4-6-14(13)11-19(2)18(22)12-20-15-7-8-16(20)10-17(21)9-15/h3-6,15-16H,7-12H2,1-2H3/t15-,16-/m0/s1. The Hall–Kier alpha value is -1.68. The van der Waals surface area contributed by atoms with Crippen LogP contribution in [0.25, 0.3) is 0 Å². The van der Waals surface area contributed by atoms with Crippen LogP contribution in [0.2, 0.25) is 0 Å². The van der Waals surface area contributed by atoms with E-state index < -0.39 is 0 Å². The summed E-state index contributed by atoms with van der Waals surface area (Å²) in [5.41, 5.74) is 2.40. The summed E-state index contributed by atoms with van der Waals surface area (Å²) in [6.45, 7) is 3.17. The molecule has 0 saturated carbocycles. The van der Waals surface area contributed by atoms with Gasteiger partial charge >= 0.3 is 0 Å². The van der Waals surface area contributed by atoms with E-state index >= 15 is 0 Å². The molecule has 4 heteroatoms. The summed E-state index contributed by atoms with van der Waals surface area (Å²) in [6, 6.07) is 8.76. The molecular formula is C18H24N2O2. The van der Waals surface area contributed by atoms with Gasteiger partial charge in [-0.05, 0) is 30.9 Å². The van der Waals surface area contributed by atoms with Crippen LogP contribution in [0.3, 0.4) is 0 Å². The Morgan fingerprint density at radius 2 is 1.86 bits per heavy atom. The summed E-state index contributed by atoms with van der Waals surface area (Å²) in [5, 5.41) is 0. The van der Waals surface area contributed by atoms with Gasteiger partial charge in [-0.15, -0.1) is 0 Å². The second kappa shape index (κ2) is 6.21. The zero-order chi connectivity index (χ0) is 15.7. The second-order valence-corrected chi connectivity index (χ2v) is 6.68. The van der Waals surface area contributed by atoms with Crippen molar-refractivity contribution in [3.05, 3.63) is 35.4 Å². The molecule has 2 aliphatic rings. The van der Waals surface area contributed by atoms with Crippen LogP contribution in [-0.2, 0) is 16.1 Å². The number of carbonyl (C=O) groups is 2. The van der Waals surface area contributed by atoms with Crippen LogP contribution >= 0.6 is 0 Å². The van der Waals surface area contributed by atoms with Crippen molar-refractivity contribution in [2.24, 2.45) is 0 Å². The molecule has 4 nitrogen and oxygen atoms in total. The number of nitrogens with zero attached hydrogens (tertiary/aromatic N) is 2. The Bertz CT molecular complexity index is 568. The smallest absolute Gasteiger partial charge is 0.236 e. The first kappa shape index (κ1) is 15.2. The highest BCUT2D eigenvalue weighted by atomic mass is 16.2. The van der Waals surface area contributed by atoms with E-state index in [1.54, 1.807) is 4.90 Å². The fraction of sp³-hybridized carbons (Fsp3) is 0.556. The van der Waals surface area contributed by atoms with Crippen molar-refractivity contribution < 1.29 is 9.59 Å². The Balaban J connectivity index is 1.60. The van der Waals surface area contributed by atoms with Crippen LogP contribution < -0.4 is 0 Å². The van der Waals surface area contributed by atoms with E-state index in [4.69, 9.17) is 0 Å². The number of piperidine rings is 1. The number of amides is 1. The number of carbonyl (C=O) groups excluding carboxylic acids is 2. The molecule has 0 radical (unpaired) electrons. The molecular weight excluding hydrogens is 276 g/mol. The van der Waals surface area contributed by atoms with Crippen molar-refractivity contribution in [3.63, 3.8) is 0 Å². The van der Waals surface area contributed by atoms with Gasteiger partial charge in [0.05, 0.1) is 6.54 Å². The number of rotatable bonds is 4. The summed E-state index contributed by atoms with van der Waals surface area (Å²) in [6.07, 6.45) is 3.38. The molecule has 1 aromatic carbocycles. The average Bonchev–Trinajstić information content (AvgIpc) is 2.72. The van der Waals surface area contributed by atoms with Crippen LogP contribution in [0.1, 0.15) is 36.8 Å².